The van der Waals surface area contributed by atoms with Crippen molar-refractivity contribution in [2.75, 3.05) is 26.7 Å². The molecule has 2 aromatic rings. The first kappa shape index (κ1) is 22.9. The van der Waals surface area contributed by atoms with Gasteiger partial charge >= 0.3 is 0 Å². The van der Waals surface area contributed by atoms with Gasteiger partial charge in [-0.05, 0) is 61.7 Å². The lowest BCUT2D eigenvalue weighted by molar-refractivity contribution is -0.124. The van der Waals surface area contributed by atoms with Crippen LogP contribution in [0.2, 0.25) is 0 Å². The number of amides is 2. The number of rotatable bonds is 9. The molecule has 3 rings (SSSR count). The Balaban J connectivity index is 1.69. The second-order valence-electron chi connectivity index (χ2n) is 8.30. The van der Waals surface area contributed by atoms with Crippen molar-refractivity contribution in [3.05, 3.63) is 54.0 Å². The van der Waals surface area contributed by atoms with Crippen molar-refractivity contribution in [2.45, 2.75) is 45.2 Å². The average Bonchev–Trinajstić information content (AvgIpc) is 3.33. The highest BCUT2D eigenvalue weighted by Gasteiger charge is 2.28. The minimum atomic E-state index is -0.643. The maximum absolute atomic E-state index is 13.0. The van der Waals surface area contributed by atoms with Gasteiger partial charge < -0.3 is 19.8 Å². The number of carbonyl (C=O) groups is 2. The van der Waals surface area contributed by atoms with E-state index >= 15 is 0 Å². The van der Waals surface area contributed by atoms with Gasteiger partial charge in [0.05, 0.1) is 19.4 Å². The van der Waals surface area contributed by atoms with E-state index in [4.69, 9.17) is 9.15 Å². The summed E-state index contributed by atoms with van der Waals surface area (Å²) in [5, 5.41) is 5.88. The number of hydrogen-bond donors (Lipinski definition) is 2. The molecule has 0 spiro atoms. The largest absolute Gasteiger partial charge is 0.497 e. The molecule has 0 aliphatic carbocycles. The Morgan fingerprint density at radius 2 is 1.81 bits per heavy atom. The van der Waals surface area contributed by atoms with Crippen molar-refractivity contribution in [3.63, 3.8) is 0 Å². The van der Waals surface area contributed by atoms with Gasteiger partial charge in [0.15, 0.2) is 5.76 Å². The number of benzene rings is 1. The predicted octanol–water partition coefficient (Wildman–Crippen LogP) is 3.39. The highest BCUT2D eigenvalue weighted by atomic mass is 16.5. The van der Waals surface area contributed by atoms with Crippen LogP contribution < -0.4 is 15.4 Å². The van der Waals surface area contributed by atoms with Crippen LogP contribution in [0.25, 0.3) is 0 Å². The van der Waals surface area contributed by atoms with Crippen molar-refractivity contribution in [3.8, 4) is 5.75 Å². The van der Waals surface area contributed by atoms with Gasteiger partial charge in [0.25, 0.3) is 5.91 Å². The molecule has 0 bridgehead atoms. The molecule has 168 valence electrons. The Labute approximate surface area is 184 Å². The summed E-state index contributed by atoms with van der Waals surface area (Å²) in [6.45, 7) is 6.33. The number of methoxy groups -OCH3 is 1. The Bertz CT molecular complexity index is 827. The summed E-state index contributed by atoms with van der Waals surface area (Å²) in [5.41, 5.74) is 1.14. The van der Waals surface area contributed by atoms with Crippen molar-refractivity contribution in [1.29, 1.82) is 0 Å². The zero-order valence-electron chi connectivity index (χ0n) is 18.6. The molecule has 31 heavy (non-hydrogen) atoms. The summed E-state index contributed by atoms with van der Waals surface area (Å²) < 4.78 is 10.4. The number of ether oxygens (including phenoxy) is 1. The van der Waals surface area contributed by atoms with Crippen molar-refractivity contribution >= 4 is 11.8 Å². The summed E-state index contributed by atoms with van der Waals surface area (Å²) in [7, 11) is 1.65. The fourth-order valence-corrected chi connectivity index (χ4v) is 3.98. The third kappa shape index (κ3) is 6.10. The van der Waals surface area contributed by atoms with E-state index in [9.17, 15) is 9.59 Å². The van der Waals surface area contributed by atoms with Gasteiger partial charge in [0.2, 0.25) is 5.91 Å². The van der Waals surface area contributed by atoms with Crippen molar-refractivity contribution < 1.29 is 18.7 Å². The predicted molar refractivity (Wildman–Crippen MR) is 119 cm³/mol. The first-order valence-electron chi connectivity index (χ1n) is 11.0. The normalized spacial score (nSPS) is 16.5. The number of furan rings is 1. The summed E-state index contributed by atoms with van der Waals surface area (Å²) in [4.78, 5) is 27.8. The molecule has 1 aromatic heterocycles. The molecule has 2 N–H and O–H groups in total. The van der Waals surface area contributed by atoms with Gasteiger partial charge in [-0.25, -0.2) is 0 Å². The van der Waals surface area contributed by atoms with Crippen LogP contribution in [0.5, 0.6) is 5.75 Å². The third-order valence-electron chi connectivity index (χ3n) is 5.78. The van der Waals surface area contributed by atoms with E-state index in [0.29, 0.717) is 6.54 Å². The van der Waals surface area contributed by atoms with Gasteiger partial charge in [-0.3, -0.25) is 14.5 Å². The van der Waals surface area contributed by atoms with E-state index in [1.165, 1.54) is 12.7 Å². The Morgan fingerprint density at radius 1 is 1.10 bits per heavy atom. The summed E-state index contributed by atoms with van der Waals surface area (Å²) in [5.74, 6) is 0.369. The molecule has 1 fully saturated rings. The van der Waals surface area contributed by atoms with Gasteiger partial charge in [-0.1, -0.05) is 32.4 Å². The van der Waals surface area contributed by atoms with Crippen LogP contribution in [0.15, 0.2) is 47.1 Å². The summed E-state index contributed by atoms with van der Waals surface area (Å²) in [6, 6.07) is 10.7. The van der Waals surface area contributed by atoms with E-state index in [-0.39, 0.29) is 29.5 Å². The summed E-state index contributed by atoms with van der Waals surface area (Å²) >= 11 is 0. The van der Waals surface area contributed by atoms with Crippen LogP contribution in [-0.4, -0.2) is 49.5 Å². The molecule has 1 saturated heterocycles. The first-order valence-corrected chi connectivity index (χ1v) is 11.0. The molecule has 0 saturated carbocycles. The van der Waals surface area contributed by atoms with Crippen LogP contribution in [0.1, 0.15) is 55.3 Å². The van der Waals surface area contributed by atoms with E-state index < -0.39 is 6.04 Å². The second kappa shape index (κ2) is 11.0. The third-order valence-corrected chi connectivity index (χ3v) is 5.78. The molecule has 1 aromatic carbocycles. The smallest absolute Gasteiger partial charge is 0.287 e. The van der Waals surface area contributed by atoms with E-state index in [2.05, 4.69) is 27.7 Å². The highest BCUT2D eigenvalue weighted by molar-refractivity contribution is 5.95. The lowest BCUT2D eigenvalue weighted by atomic mass is 10.00. The molecule has 1 aliphatic rings. The van der Waals surface area contributed by atoms with Gasteiger partial charge in [-0.15, -0.1) is 0 Å². The molecule has 1 aliphatic heterocycles. The zero-order valence-corrected chi connectivity index (χ0v) is 18.6. The molecule has 7 heteroatoms. The molecule has 7 nitrogen and oxygen atoms in total. The van der Waals surface area contributed by atoms with E-state index in [0.717, 1.165) is 37.2 Å². The lowest BCUT2D eigenvalue weighted by Crippen LogP contribution is -2.51. The van der Waals surface area contributed by atoms with Crippen LogP contribution in [-0.2, 0) is 4.79 Å². The molecule has 0 radical (unpaired) electrons. The van der Waals surface area contributed by atoms with Crippen molar-refractivity contribution in [1.82, 2.24) is 15.5 Å². The number of nitrogens with one attached hydrogen (secondary N) is 2. The minimum absolute atomic E-state index is 0.0617. The molecule has 2 heterocycles. The SMILES string of the molecule is COc1ccc(C(CNC(=O)C(NC(=O)c2ccco2)C(C)C)N2CCCCC2)cc1. The maximum Gasteiger partial charge on any atom is 0.287 e. The minimum Gasteiger partial charge on any atom is -0.497 e. The Kier molecular flexibility index (Phi) is 8.12. The van der Waals surface area contributed by atoms with E-state index in [1.807, 2.05) is 26.0 Å². The molecular formula is C24H33N3O4. The van der Waals surface area contributed by atoms with Crippen LogP contribution in [0.3, 0.4) is 0 Å². The van der Waals surface area contributed by atoms with Crippen molar-refractivity contribution in [2.24, 2.45) is 5.92 Å². The van der Waals surface area contributed by atoms with Gasteiger partial charge in [-0.2, -0.15) is 0 Å². The first-order chi connectivity index (χ1) is 15.0. The fraction of sp³-hybridized carbons (Fsp3) is 0.500. The standard InChI is InChI=1S/C24H33N3O4/c1-17(2)22(26-23(28)21-8-7-15-31-21)24(29)25-16-20(27-13-5-4-6-14-27)18-9-11-19(30-3)12-10-18/h7-12,15,17,20,22H,4-6,13-14,16H2,1-3H3,(H,25,29)(H,26,28). The lowest BCUT2D eigenvalue weighted by Gasteiger charge is -2.35. The van der Waals surface area contributed by atoms with Crippen LogP contribution in [0, 0.1) is 5.92 Å². The van der Waals surface area contributed by atoms with E-state index in [1.54, 1.807) is 19.2 Å². The summed E-state index contributed by atoms with van der Waals surface area (Å²) in [6.07, 6.45) is 5.01. The fourth-order valence-electron chi connectivity index (χ4n) is 3.98. The zero-order chi connectivity index (χ0) is 22.2. The number of piperidine rings is 1. The Morgan fingerprint density at radius 3 is 2.39 bits per heavy atom. The monoisotopic (exact) mass is 427 g/mol. The number of carbonyl (C=O) groups excluding carboxylic acids is 2. The Hall–Kier alpha value is -2.80. The number of nitrogens with zero attached hydrogens (tertiary/aromatic N) is 1. The number of hydrogen-bond acceptors (Lipinski definition) is 5. The van der Waals surface area contributed by atoms with Crippen LogP contribution in [0.4, 0.5) is 0 Å². The molecule has 2 amide bonds. The number of likely N-dealkylation sites (tertiary alicyclic amines) is 1. The molecule has 2 atom stereocenters. The highest BCUT2D eigenvalue weighted by Crippen LogP contribution is 2.26. The molecular weight excluding hydrogens is 394 g/mol. The molecule has 2 unspecified atom stereocenters. The van der Waals surface area contributed by atoms with Gasteiger partial charge in [0, 0.05) is 6.54 Å². The topological polar surface area (TPSA) is 83.8 Å². The van der Waals surface area contributed by atoms with Gasteiger partial charge in [0.1, 0.15) is 11.8 Å². The quantitative estimate of drug-likeness (QED) is 0.641. The second-order valence-corrected chi connectivity index (χ2v) is 8.30. The average molecular weight is 428 g/mol. The maximum atomic E-state index is 13.0. The van der Waals surface area contributed by atoms with Crippen LogP contribution >= 0.6 is 0 Å².